The maximum absolute atomic E-state index is 13.9. The molecule has 9 nitrogen and oxygen atoms in total. The minimum atomic E-state index is -3.67. The van der Waals surface area contributed by atoms with E-state index < -0.39 is 27.1 Å². The Morgan fingerprint density at radius 1 is 1.12 bits per heavy atom. The van der Waals surface area contributed by atoms with Crippen molar-refractivity contribution in [3.05, 3.63) is 84.6 Å². The van der Waals surface area contributed by atoms with Gasteiger partial charge in [0.15, 0.2) is 9.84 Å². The number of nitrogens with zero attached hydrogens (tertiary/aromatic N) is 1. The normalized spacial score (nSPS) is 12.1. The number of nitrogens with one attached hydrogen (secondary N) is 2. The number of aromatic amines is 1. The SMILES string of the molecule is CNC(c1c[nH]c(-c2ccccc2F)c1)S(=O)(=O)c1cccnc1.O=C(O)/C=C/C(=O)O. The van der Waals surface area contributed by atoms with Gasteiger partial charge in [-0.3, -0.25) is 4.98 Å². The lowest BCUT2D eigenvalue weighted by Crippen LogP contribution is -2.25. The molecule has 32 heavy (non-hydrogen) atoms. The van der Waals surface area contributed by atoms with Crippen LogP contribution >= 0.6 is 0 Å². The van der Waals surface area contributed by atoms with Gasteiger partial charge in [0, 0.05) is 47.6 Å². The largest absolute Gasteiger partial charge is 0.478 e. The molecule has 11 heteroatoms. The Hall–Kier alpha value is -3.83. The second kappa shape index (κ2) is 11.0. The molecule has 0 aliphatic heterocycles. The average Bonchev–Trinajstić information content (AvgIpc) is 3.23. The number of benzene rings is 1. The Morgan fingerprint density at radius 3 is 2.31 bits per heavy atom. The van der Waals surface area contributed by atoms with Crippen molar-refractivity contribution in [3.8, 4) is 11.3 Å². The smallest absolute Gasteiger partial charge is 0.328 e. The van der Waals surface area contributed by atoms with Gasteiger partial charge in [-0.05, 0) is 37.4 Å². The van der Waals surface area contributed by atoms with Gasteiger partial charge in [0.1, 0.15) is 11.2 Å². The van der Waals surface area contributed by atoms with Crippen molar-refractivity contribution in [2.45, 2.75) is 10.3 Å². The number of hydrogen-bond donors (Lipinski definition) is 4. The molecule has 0 bridgehead atoms. The number of sulfone groups is 1. The number of pyridine rings is 1. The molecule has 0 amide bonds. The van der Waals surface area contributed by atoms with E-state index in [0.29, 0.717) is 29.0 Å². The molecule has 0 radical (unpaired) electrons. The van der Waals surface area contributed by atoms with Gasteiger partial charge < -0.3 is 20.5 Å². The van der Waals surface area contributed by atoms with Gasteiger partial charge in [-0.25, -0.2) is 22.4 Å². The highest BCUT2D eigenvalue weighted by atomic mass is 32.2. The second-order valence-electron chi connectivity index (χ2n) is 6.24. The van der Waals surface area contributed by atoms with Crippen LogP contribution in [0.15, 0.2) is 78.1 Å². The zero-order chi connectivity index (χ0) is 23.7. The molecule has 3 rings (SSSR count). The van der Waals surface area contributed by atoms with Crippen molar-refractivity contribution >= 4 is 21.8 Å². The van der Waals surface area contributed by atoms with Crippen LogP contribution < -0.4 is 5.32 Å². The van der Waals surface area contributed by atoms with E-state index in [1.54, 1.807) is 43.6 Å². The maximum atomic E-state index is 13.9. The first-order chi connectivity index (χ1) is 15.2. The van der Waals surface area contributed by atoms with Crippen LogP contribution in [0.1, 0.15) is 10.9 Å². The number of H-pyrrole nitrogens is 1. The third kappa shape index (κ3) is 6.33. The molecule has 0 aliphatic rings. The Balaban J connectivity index is 0.000000390. The van der Waals surface area contributed by atoms with Gasteiger partial charge in [0.2, 0.25) is 0 Å². The van der Waals surface area contributed by atoms with Crippen LogP contribution in [0.2, 0.25) is 0 Å². The maximum Gasteiger partial charge on any atom is 0.328 e. The molecular weight excluding hydrogens is 441 g/mol. The Labute approximate surface area is 183 Å². The number of carboxylic acids is 2. The standard InChI is InChI=1S/C17H16FN3O2S.C4H4O4/c1-19-17(24(22,23)13-5-4-8-20-11-13)12-9-16(21-10-12)14-6-2-3-7-15(14)18;5-3(6)1-2-4(7)8/h2-11,17,19,21H,1H3;1-2H,(H,5,6)(H,7,8)/b;2-1+. The third-order valence-electron chi connectivity index (χ3n) is 4.08. The molecule has 1 unspecified atom stereocenters. The van der Waals surface area contributed by atoms with Crippen molar-refractivity contribution in [2.24, 2.45) is 0 Å². The number of aliphatic carboxylic acids is 2. The summed E-state index contributed by atoms with van der Waals surface area (Å²) >= 11 is 0. The van der Waals surface area contributed by atoms with Crippen LogP contribution in [0.3, 0.4) is 0 Å². The van der Waals surface area contributed by atoms with E-state index in [0.717, 1.165) is 0 Å². The van der Waals surface area contributed by atoms with Gasteiger partial charge in [-0.2, -0.15) is 0 Å². The quantitative estimate of drug-likeness (QED) is 0.392. The summed E-state index contributed by atoms with van der Waals surface area (Å²) in [4.78, 5) is 26.0. The van der Waals surface area contributed by atoms with Gasteiger partial charge in [0.05, 0.1) is 4.90 Å². The van der Waals surface area contributed by atoms with Crippen LogP contribution in [0.4, 0.5) is 4.39 Å². The topological polar surface area (TPSA) is 149 Å². The van der Waals surface area contributed by atoms with Crippen LogP contribution in [-0.2, 0) is 19.4 Å². The van der Waals surface area contributed by atoms with Crippen LogP contribution in [0.5, 0.6) is 0 Å². The Morgan fingerprint density at radius 2 is 1.78 bits per heavy atom. The van der Waals surface area contributed by atoms with Gasteiger partial charge in [-0.15, -0.1) is 0 Å². The summed E-state index contributed by atoms with van der Waals surface area (Å²) in [5.74, 6) is -2.89. The Kier molecular flexibility index (Phi) is 8.38. The molecule has 0 saturated heterocycles. The lowest BCUT2D eigenvalue weighted by atomic mass is 10.1. The van der Waals surface area contributed by atoms with E-state index in [1.165, 1.54) is 24.5 Å². The number of carbonyl (C=O) groups is 2. The summed E-state index contributed by atoms with van der Waals surface area (Å²) < 4.78 is 39.5. The fourth-order valence-electron chi connectivity index (χ4n) is 2.69. The molecule has 0 aliphatic carbocycles. The monoisotopic (exact) mass is 461 g/mol. The first-order valence-electron chi connectivity index (χ1n) is 9.05. The first kappa shape index (κ1) is 24.4. The number of hydrogen-bond acceptors (Lipinski definition) is 6. The number of aromatic nitrogens is 2. The summed E-state index contributed by atoms with van der Waals surface area (Å²) in [7, 11) is -2.11. The van der Waals surface area contributed by atoms with Crippen molar-refractivity contribution < 1.29 is 32.6 Å². The van der Waals surface area contributed by atoms with E-state index in [4.69, 9.17) is 10.2 Å². The zero-order valence-electron chi connectivity index (χ0n) is 16.8. The van der Waals surface area contributed by atoms with Crippen LogP contribution in [0, 0.1) is 5.82 Å². The summed E-state index contributed by atoms with van der Waals surface area (Å²) in [6, 6.07) is 11.0. The number of rotatable bonds is 7. The third-order valence-corrected chi connectivity index (χ3v) is 6.10. The molecule has 0 saturated carbocycles. The molecule has 2 aromatic heterocycles. The molecule has 1 atom stereocenters. The summed E-state index contributed by atoms with van der Waals surface area (Å²) in [6.07, 6.45) is 5.51. The minimum Gasteiger partial charge on any atom is -0.478 e. The average molecular weight is 461 g/mol. The van der Waals surface area contributed by atoms with E-state index in [2.05, 4.69) is 15.3 Å². The summed E-state index contributed by atoms with van der Waals surface area (Å²) in [5, 5.41) is 17.5. The summed E-state index contributed by atoms with van der Waals surface area (Å²) in [6.45, 7) is 0. The number of carboxylic acid groups (broad SMARTS) is 2. The molecule has 2 heterocycles. The number of halogens is 1. The molecule has 3 aromatic rings. The highest BCUT2D eigenvalue weighted by molar-refractivity contribution is 7.91. The summed E-state index contributed by atoms with van der Waals surface area (Å²) in [5.41, 5.74) is 1.40. The molecular formula is C21H20FN3O6S. The second-order valence-corrected chi connectivity index (χ2v) is 8.27. The van der Waals surface area contributed by atoms with Crippen LogP contribution in [0.25, 0.3) is 11.3 Å². The van der Waals surface area contributed by atoms with E-state index in [1.807, 2.05) is 0 Å². The molecule has 0 fully saturated rings. The van der Waals surface area contributed by atoms with E-state index in [9.17, 15) is 22.4 Å². The lowest BCUT2D eigenvalue weighted by Gasteiger charge is -2.15. The zero-order valence-corrected chi connectivity index (χ0v) is 17.6. The molecule has 0 spiro atoms. The molecule has 1 aromatic carbocycles. The van der Waals surface area contributed by atoms with E-state index in [-0.39, 0.29) is 10.7 Å². The van der Waals surface area contributed by atoms with Crippen molar-refractivity contribution in [3.63, 3.8) is 0 Å². The first-order valence-corrected chi connectivity index (χ1v) is 10.6. The predicted molar refractivity (Wildman–Crippen MR) is 114 cm³/mol. The highest BCUT2D eigenvalue weighted by Crippen LogP contribution is 2.30. The Bertz CT molecular complexity index is 1190. The lowest BCUT2D eigenvalue weighted by molar-refractivity contribution is -0.134. The van der Waals surface area contributed by atoms with E-state index >= 15 is 0 Å². The predicted octanol–water partition coefficient (Wildman–Crippen LogP) is 2.62. The fourth-order valence-corrected chi connectivity index (χ4v) is 4.25. The van der Waals surface area contributed by atoms with Gasteiger partial charge in [0.25, 0.3) is 0 Å². The minimum absolute atomic E-state index is 0.123. The van der Waals surface area contributed by atoms with Crippen molar-refractivity contribution in [2.75, 3.05) is 7.05 Å². The molecule has 4 N–H and O–H groups in total. The van der Waals surface area contributed by atoms with Crippen LogP contribution in [-0.4, -0.2) is 47.6 Å². The van der Waals surface area contributed by atoms with Gasteiger partial charge in [-0.1, -0.05) is 12.1 Å². The van der Waals surface area contributed by atoms with Crippen molar-refractivity contribution in [1.29, 1.82) is 0 Å². The molecule has 168 valence electrons. The fraction of sp³-hybridized carbons (Fsp3) is 0.0952. The highest BCUT2D eigenvalue weighted by Gasteiger charge is 2.29. The van der Waals surface area contributed by atoms with Gasteiger partial charge >= 0.3 is 11.9 Å². The van der Waals surface area contributed by atoms with Crippen molar-refractivity contribution in [1.82, 2.24) is 15.3 Å².